The van der Waals surface area contributed by atoms with Crippen LogP contribution in [0.5, 0.6) is 11.5 Å². The van der Waals surface area contributed by atoms with Crippen LogP contribution >= 0.6 is 0 Å². The second-order valence-electron chi connectivity index (χ2n) is 6.55. The second kappa shape index (κ2) is 6.65. The van der Waals surface area contributed by atoms with Crippen LogP contribution in [0.2, 0.25) is 0 Å². The molecular formula is C19H25NO3. The summed E-state index contributed by atoms with van der Waals surface area (Å²) >= 11 is 0. The third-order valence-electron chi connectivity index (χ3n) is 4.92. The van der Waals surface area contributed by atoms with Gasteiger partial charge in [-0.25, -0.2) is 0 Å². The maximum Gasteiger partial charge on any atom is 0.247 e. The number of benzene rings is 1. The van der Waals surface area contributed by atoms with E-state index >= 15 is 0 Å². The third-order valence-corrected chi connectivity index (χ3v) is 4.92. The van der Waals surface area contributed by atoms with E-state index in [0.29, 0.717) is 12.0 Å². The Morgan fingerprint density at radius 1 is 1.30 bits per heavy atom. The highest BCUT2D eigenvalue weighted by Crippen LogP contribution is 2.34. The van der Waals surface area contributed by atoms with Gasteiger partial charge in [-0.3, -0.25) is 4.79 Å². The van der Waals surface area contributed by atoms with Gasteiger partial charge in [-0.1, -0.05) is 26.3 Å². The van der Waals surface area contributed by atoms with Gasteiger partial charge >= 0.3 is 0 Å². The Labute approximate surface area is 138 Å². The van der Waals surface area contributed by atoms with Gasteiger partial charge in [-0.05, 0) is 49.5 Å². The van der Waals surface area contributed by atoms with E-state index in [1.54, 1.807) is 6.08 Å². The zero-order chi connectivity index (χ0) is 16.4. The van der Waals surface area contributed by atoms with Crippen molar-refractivity contribution in [2.24, 2.45) is 5.92 Å². The molecule has 0 aromatic heterocycles. The fourth-order valence-electron chi connectivity index (χ4n) is 2.95. The van der Waals surface area contributed by atoms with Gasteiger partial charge < -0.3 is 14.4 Å². The fraction of sp³-hybridized carbons (Fsp3) is 0.526. The zero-order valence-electron chi connectivity index (χ0n) is 14.1. The van der Waals surface area contributed by atoms with Crippen LogP contribution in [-0.4, -0.2) is 29.7 Å². The summed E-state index contributed by atoms with van der Waals surface area (Å²) in [5.41, 5.74) is 0.953. The summed E-state index contributed by atoms with van der Waals surface area (Å²) in [6.45, 7) is 6.83. The molecule has 1 aromatic carbocycles. The molecule has 1 amide bonds. The van der Waals surface area contributed by atoms with Gasteiger partial charge in [0.1, 0.15) is 0 Å². The number of amides is 1. The molecule has 0 saturated heterocycles. The number of hydrogen-bond donors (Lipinski definition) is 0. The van der Waals surface area contributed by atoms with Crippen molar-refractivity contribution in [1.29, 1.82) is 0 Å². The smallest absolute Gasteiger partial charge is 0.247 e. The Bertz CT molecular complexity index is 607. The molecule has 2 aliphatic rings. The van der Waals surface area contributed by atoms with E-state index in [1.807, 2.05) is 24.3 Å². The predicted octanol–water partition coefficient (Wildman–Crippen LogP) is 3.85. The van der Waals surface area contributed by atoms with Crippen molar-refractivity contribution in [3.05, 3.63) is 29.8 Å². The summed E-state index contributed by atoms with van der Waals surface area (Å²) in [6.07, 6.45) is 6.90. The minimum Gasteiger partial charge on any atom is -0.454 e. The van der Waals surface area contributed by atoms with Crippen molar-refractivity contribution in [3.8, 4) is 11.5 Å². The zero-order valence-corrected chi connectivity index (χ0v) is 14.1. The van der Waals surface area contributed by atoms with Gasteiger partial charge in [0, 0.05) is 18.2 Å². The first kappa shape index (κ1) is 15.9. The first-order chi connectivity index (χ1) is 11.1. The third kappa shape index (κ3) is 3.52. The minimum absolute atomic E-state index is 0.109. The molecule has 0 bridgehead atoms. The van der Waals surface area contributed by atoms with Crippen LogP contribution < -0.4 is 9.47 Å². The summed E-state index contributed by atoms with van der Waals surface area (Å²) in [5, 5.41) is 0. The maximum absolute atomic E-state index is 12.7. The monoisotopic (exact) mass is 315 g/mol. The Morgan fingerprint density at radius 2 is 2.04 bits per heavy atom. The Morgan fingerprint density at radius 3 is 2.74 bits per heavy atom. The van der Waals surface area contributed by atoms with E-state index in [1.165, 1.54) is 0 Å². The molecule has 1 aliphatic heterocycles. The lowest BCUT2D eigenvalue weighted by Crippen LogP contribution is -2.42. The van der Waals surface area contributed by atoms with E-state index in [2.05, 4.69) is 25.7 Å². The van der Waals surface area contributed by atoms with Crippen molar-refractivity contribution in [3.63, 3.8) is 0 Å². The van der Waals surface area contributed by atoms with E-state index < -0.39 is 0 Å². The molecule has 1 aromatic rings. The van der Waals surface area contributed by atoms with Crippen LogP contribution in [0, 0.1) is 5.92 Å². The number of rotatable bonds is 6. The molecule has 0 N–H and O–H groups in total. The van der Waals surface area contributed by atoms with Crippen molar-refractivity contribution in [2.45, 2.75) is 52.1 Å². The average molecular weight is 315 g/mol. The molecule has 1 saturated carbocycles. The molecule has 0 spiro atoms. The number of fused-ring (bicyclic) bond motifs is 1. The summed E-state index contributed by atoms with van der Waals surface area (Å²) in [5.74, 6) is 2.13. The van der Waals surface area contributed by atoms with Crippen LogP contribution in [-0.2, 0) is 4.79 Å². The van der Waals surface area contributed by atoms with Crippen LogP contribution in [0.4, 0.5) is 0 Å². The Kier molecular flexibility index (Phi) is 4.60. The lowest BCUT2D eigenvalue weighted by atomic mass is 9.99. The van der Waals surface area contributed by atoms with Crippen LogP contribution in [0.25, 0.3) is 6.08 Å². The van der Waals surface area contributed by atoms with Crippen molar-refractivity contribution in [2.75, 3.05) is 6.79 Å². The summed E-state index contributed by atoms with van der Waals surface area (Å²) in [7, 11) is 0. The van der Waals surface area contributed by atoms with Crippen molar-refractivity contribution in [1.82, 2.24) is 4.90 Å². The maximum atomic E-state index is 12.7. The van der Waals surface area contributed by atoms with E-state index in [0.717, 1.165) is 36.3 Å². The SMILES string of the molecule is CCC(C)C(C)N(C(=O)/C=C/c1ccc2c(c1)OCO2)C1CC1. The number of carbonyl (C=O) groups is 1. The molecule has 3 rings (SSSR count). The van der Waals surface area contributed by atoms with Crippen molar-refractivity contribution >= 4 is 12.0 Å². The van der Waals surface area contributed by atoms with E-state index in [-0.39, 0.29) is 18.7 Å². The lowest BCUT2D eigenvalue weighted by molar-refractivity contribution is -0.129. The highest BCUT2D eigenvalue weighted by Gasteiger charge is 2.36. The van der Waals surface area contributed by atoms with E-state index in [9.17, 15) is 4.79 Å². The van der Waals surface area contributed by atoms with Crippen LogP contribution in [0.1, 0.15) is 45.6 Å². The Hall–Kier alpha value is -1.97. The molecule has 4 heteroatoms. The second-order valence-corrected chi connectivity index (χ2v) is 6.55. The van der Waals surface area contributed by atoms with Gasteiger partial charge in [0.25, 0.3) is 0 Å². The quantitative estimate of drug-likeness (QED) is 0.748. The van der Waals surface area contributed by atoms with Gasteiger partial charge in [0.15, 0.2) is 11.5 Å². The molecule has 124 valence electrons. The fourth-order valence-corrected chi connectivity index (χ4v) is 2.95. The predicted molar refractivity (Wildman–Crippen MR) is 90.4 cm³/mol. The molecular weight excluding hydrogens is 290 g/mol. The highest BCUT2D eigenvalue weighted by atomic mass is 16.7. The summed E-state index contributed by atoms with van der Waals surface area (Å²) in [6, 6.07) is 6.43. The largest absolute Gasteiger partial charge is 0.454 e. The van der Waals surface area contributed by atoms with Gasteiger partial charge in [-0.15, -0.1) is 0 Å². The minimum atomic E-state index is 0.109. The Balaban J connectivity index is 1.71. The normalized spacial score (nSPS) is 18.9. The topological polar surface area (TPSA) is 38.8 Å². The first-order valence-electron chi connectivity index (χ1n) is 8.50. The summed E-state index contributed by atoms with van der Waals surface area (Å²) < 4.78 is 10.7. The number of carbonyl (C=O) groups excluding carboxylic acids is 1. The number of nitrogens with zero attached hydrogens (tertiary/aromatic N) is 1. The van der Waals surface area contributed by atoms with Crippen LogP contribution in [0.15, 0.2) is 24.3 Å². The number of ether oxygens (including phenoxy) is 2. The molecule has 0 radical (unpaired) electrons. The number of hydrogen-bond acceptors (Lipinski definition) is 3. The van der Waals surface area contributed by atoms with Crippen molar-refractivity contribution < 1.29 is 14.3 Å². The van der Waals surface area contributed by atoms with Gasteiger partial charge in [0.2, 0.25) is 12.7 Å². The molecule has 1 fully saturated rings. The molecule has 1 heterocycles. The van der Waals surface area contributed by atoms with Gasteiger partial charge in [-0.2, -0.15) is 0 Å². The average Bonchev–Trinajstić information content (AvgIpc) is 3.28. The molecule has 2 unspecified atom stereocenters. The standard InChI is InChI=1S/C19H25NO3/c1-4-13(2)14(3)20(16-7-8-16)19(21)10-6-15-5-9-17-18(11-15)23-12-22-17/h5-6,9-11,13-14,16H,4,7-8,12H2,1-3H3/b10-6+. The molecule has 1 aliphatic carbocycles. The summed E-state index contributed by atoms with van der Waals surface area (Å²) in [4.78, 5) is 14.7. The van der Waals surface area contributed by atoms with Crippen LogP contribution in [0.3, 0.4) is 0 Å². The first-order valence-corrected chi connectivity index (χ1v) is 8.50. The molecule has 2 atom stereocenters. The molecule has 4 nitrogen and oxygen atoms in total. The highest BCUT2D eigenvalue weighted by molar-refractivity contribution is 5.92. The molecule has 23 heavy (non-hydrogen) atoms. The van der Waals surface area contributed by atoms with Gasteiger partial charge in [0.05, 0.1) is 0 Å². The lowest BCUT2D eigenvalue weighted by Gasteiger charge is -2.32. The van der Waals surface area contributed by atoms with E-state index in [4.69, 9.17) is 9.47 Å².